The molecule has 2 saturated carbocycles. The van der Waals surface area contributed by atoms with E-state index in [2.05, 4.69) is 10.3 Å². The zero-order valence-electron chi connectivity index (χ0n) is 19.1. The minimum atomic E-state index is -4.48. The fourth-order valence-electron chi connectivity index (χ4n) is 5.33. The van der Waals surface area contributed by atoms with E-state index in [-0.39, 0.29) is 78.8 Å². The highest BCUT2D eigenvalue weighted by atomic mass is 35.5. The Bertz CT molecular complexity index is 1110. The van der Waals surface area contributed by atoms with Crippen LogP contribution >= 0.6 is 11.6 Å². The number of nitrogens with zero attached hydrogens (tertiary/aromatic N) is 2. The Kier molecular flexibility index (Phi) is 6.27. The number of carbonyl (C=O) groups is 1. The van der Waals surface area contributed by atoms with Crippen LogP contribution in [0.1, 0.15) is 73.1 Å². The average molecular weight is 520 g/mol. The van der Waals surface area contributed by atoms with Gasteiger partial charge in [-0.15, -0.1) is 0 Å². The Morgan fingerprint density at radius 1 is 1.14 bits per heavy atom. The van der Waals surface area contributed by atoms with E-state index < -0.39 is 23.4 Å². The van der Waals surface area contributed by atoms with Crippen molar-refractivity contribution in [3.8, 4) is 0 Å². The summed E-state index contributed by atoms with van der Waals surface area (Å²) in [5.41, 5.74) is -1.41. The molecule has 0 atom stereocenters. The summed E-state index contributed by atoms with van der Waals surface area (Å²) in [5.74, 6) is -3.31. The van der Waals surface area contributed by atoms with Crippen LogP contribution in [-0.4, -0.2) is 46.6 Å². The van der Waals surface area contributed by atoms with Gasteiger partial charge in [0.15, 0.2) is 0 Å². The number of alkyl halides is 5. The Hall–Kier alpha value is -1.94. The van der Waals surface area contributed by atoms with Crippen molar-refractivity contribution >= 4 is 23.2 Å². The largest absolute Gasteiger partial charge is 0.400 e. The van der Waals surface area contributed by atoms with Crippen molar-refractivity contribution in [3.63, 3.8) is 0 Å². The van der Waals surface area contributed by atoms with Crippen LogP contribution in [0.2, 0.25) is 5.02 Å². The van der Waals surface area contributed by atoms with E-state index in [4.69, 9.17) is 16.3 Å². The maximum Gasteiger partial charge on any atom is 0.400 e. The summed E-state index contributed by atoms with van der Waals surface area (Å²) >= 11 is 6.44. The molecular weight excluding hydrogens is 493 g/mol. The highest BCUT2D eigenvalue weighted by Crippen LogP contribution is 2.59. The van der Waals surface area contributed by atoms with Crippen molar-refractivity contribution in [2.75, 3.05) is 13.2 Å². The van der Waals surface area contributed by atoms with Gasteiger partial charge in [-0.05, 0) is 56.9 Å². The second-order valence-electron chi connectivity index (χ2n) is 10.1. The molecule has 11 heteroatoms. The van der Waals surface area contributed by atoms with E-state index in [1.165, 1.54) is 16.7 Å². The minimum Gasteiger partial charge on any atom is -0.381 e. The maximum atomic E-state index is 14.1. The summed E-state index contributed by atoms with van der Waals surface area (Å²) in [5, 5.41) is 3.01. The lowest BCUT2D eigenvalue weighted by Crippen LogP contribution is -2.39. The van der Waals surface area contributed by atoms with E-state index in [9.17, 15) is 26.7 Å². The molecule has 2 aromatic rings. The second-order valence-corrected chi connectivity index (χ2v) is 10.5. The number of amides is 1. The first kappa shape index (κ1) is 24.7. The predicted octanol–water partition coefficient (Wildman–Crippen LogP) is 5.86. The minimum absolute atomic E-state index is 0.0685. The number of halogens is 6. The number of carbonyl (C=O) groups excluding carboxylic acids is 1. The molecule has 2 aromatic heterocycles. The van der Waals surface area contributed by atoms with Crippen molar-refractivity contribution < 1.29 is 31.5 Å². The normalized spacial score (nSPS) is 22.9. The van der Waals surface area contributed by atoms with E-state index in [0.717, 1.165) is 0 Å². The van der Waals surface area contributed by atoms with Gasteiger partial charge in [-0.2, -0.15) is 13.2 Å². The Balaban J connectivity index is 1.50. The SMILES string of the molecule is O=C(NC1CCOCC1)c1cc2nc(C3(C(F)(F)F)CC3)c(CC3CCC(F)(F)CC3)n2cc1Cl. The van der Waals surface area contributed by atoms with Crippen molar-refractivity contribution in [1.82, 2.24) is 14.7 Å². The third-order valence-corrected chi connectivity index (χ3v) is 7.98. The third-order valence-electron chi connectivity index (χ3n) is 7.68. The van der Waals surface area contributed by atoms with Crippen molar-refractivity contribution in [3.05, 3.63) is 34.2 Å². The summed E-state index contributed by atoms with van der Waals surface area (Å²) in [6, 6.07) is 1.35. The number of rotatable bonds is 5. The zero-order valence-corrected chi connectivity index (χ0v) is 19.8. The Labute approximate surface area is 204 Å². The molecule has 3 fully saturated rings. The van der Waals surface area contributed by atoms with Crippen LogP contribution in [0.15, 0.2) is 12.3 Å². The molecule has 3 heterocycles. The van der Waals surface area contributed by atoms with Gasteiger partial charge in [0, 0.05) is 44.0 Å². The lowest BCUT2D eigenvalue weighted by Gasteiger charge is -2.29. The lowest BCUT2D eigenvalue weighted by molar-refractivity contribution is -0.161. The van der Waals surface area contributed by atoms with E-state index in [0.29, 0.717) is 31.7 Å². The molecule has 1 N–H and O–H groups in total. The molecule has 2 aliphatic carbocycles. The molecule has 0 bridgehead atoms. The second kappa shape index (κ2) is 8.87. The number of nitrogens with one attached hydrogen (secondary N) is 1. The first-order valence-corrected chi connectivity index (χ1v) is 12.4. The first-order valence-electron chi connectivity index (χ1n) is 12.0. The zero-order chi connectivity index (χ0) is 25.0. The molecule has 5 rings (SSSR count). The molecule has 0 radical (unpaired) electrons. The van der Waals surface area contributed by atoms with E-state index >= 15 is 0 Å². The van der Waals surface area contributed by atoms with E-state index in [1.54, 1.807) is 0 Å². The van der Waals surface area contributed by atoms with Crippen LogP contribution in [0.25, 0.3) is 5.65 Å². The first-order chi connectivity index (χ1) is 16.5. The predicted molar refractivity (Wildman–Crippen MR) is 119 cm³/mol. The van der Waals surface area contributed by atoms with E-state index in [1.807, 2.05) is 0 Å². The molecule has 0 spiro atoms. The Morgan fingerprint density at radius 2 is 1.80 bits per heavy atom. The maximum absolute atomic E-state index is 14.1. The molecular formula is C24H27ClF5N3O2. The number of hydrogen-bond donors (Lipinski definition) is 1. The molecule has 35 heavy (non-hydrogen) atoms. The van der Waals surface area contributed by atoms with Gasteiger partial charge in [-0.25, -0.2) is 13.8 Å². The van der Waals surface area contributed by atoms with Gasteiger partial charge in [0.25, 0.3) is 5.91 Å². The van der Waals surface area contributed by atoms with Crippen molar-refractivity contribution in [1.29, 1.82) is 0 Å². The number of fused-ring (bicyclic) bond motifs is 1. The fourth-order valence-corrected chi connectivity index (χ4v) is 5.56. The number of aromatic nitrogens is 2. The molecule has 1 aliphatic heterocycles. The topological polar surface area (TPSA) is 55.6 Å². The number of pyridine rings is 1. The molecule has 0 aromatic carbocycles. The van der Waals surface area contributed by atoms with Crippen LogP contribution < -0.4 is 5.32 Å². The highest BCUT2D eigenvalue weighted by Gasteiger charge is 2.66. The molecule has 1 amide bonds. The summed E-state index contributed by atoms with van der Waals surface area (Å²) in [4.78, 5) is 17.3. The van der Waals surface area contributed by atoms with Crippen molar-refractivity contribution in [2.45, 2.75) is 81.3 Å². The molecule has 0 unspecified atom stereocenters. The number of imidazole rings is 1. The Morgan fingerprint density at radius 3 is 2.40 bits per heavy atom. The standard InChI is InChI=1S/C24H27ClF5N3O2/c25-17-13-33-18(11-14-1-5-23(26,27)6-2-14)20(22(7-8-22)24(28,29)30)32-19(33)12-16(17)21(34)31-15-3-9-35-10-4-15/h12-15H,1-11H2,(H,31,34). The summed E-state index contributed by atoms with van der Waals surface area (Å²) in [6.45, 7) is 1.08. The molecule has 3 aliphatic rings. The average Bonchev–Trinajstić information content (AvgIpc) is 3.54. The summed E-state index contributed by atoms with van der Waals surface area (Å²) < 4.78 is 76.3. The van der Waals surface area contributed by atoms with Crippen molar-refractivity contribution in [2.24, 2.45) is 5.92 Å². The van der Waals surface area contributed by atoms with Crippen LogP contribution in [0.4, 0.5) is 22.0 Å². The highest BCUT2D eigenvalue weighted by molar-refractivity contribution is 6.33. The van der Waals surface area contributed by atoms with Gasteiger partial charge in [-0.3, -0.25) is 4.79 Å². The van der Waals surface area contributed by atoms with Gasteiger partial charge in [0.2, 0.25) is 5.92 Å². The molecule has 1 saturated heterocycles. The van der Waals surface area contributed by atoms with Crippen LogP contribution in [0, 0.1) is 5.92 Å². The summed E-state index contributed by atoms with van der Waals surface area (Å²) in [6.07, 6.45) is -1.73. The monoisotopic (exact) mass is 519 g/mol. The van der Waals surface area contributed by atoms with Crippen LogP contribution in [0.3, 0.4) is 0 Å². The third kappa shape index (κ3) is 4.75. The number of hydrogen-bond acceptors (Lipinski definition) is 3. The fraction of sp³-hybridized carbons (Fsp3) is 0.667. The van der Waals surface area contributed by atoms with Crippen LogP contribution in [0.5, 0.6) is 0 Å². The van der Waals surface area contributed by atoms with Gasteiger partial charge in [-0.1, -0.05) is 11.6 Å². The molecule has 192 valence electrons. The lowest BCUT2D eigenvalue weighted by atomic mass is 9.83. The molecule has 5 nitrogen and oxygen atoms in total. The number of ether oxygens (including phenoxy) is 1. The quantitative estimate of drug-likeness (QED) is 0.504. The van der Waals surface area contributed by atoms with Gasteiger partial charge in [0.1, 0.15) is 11.1 Å². The smallest absolute Gasteiger partial charge is 0.381 e. The van der Waals surface area contributed by atoms with Gasteiger partial charge >= 0.3 is 6.18 Å². The van der Waals surface area contributed by atoms with Gasteiger partial charge < -0.3 is 14.5 Å². The van der Waals surface area contributed by atoms with Crippen LogP contribution in [-0.2, 0) is 16.6 Å². The van der Waals surface area contributed by atoms with Gasteiger partial charge in [0.05, 0.1) is 16.3 Å². The summed E-state index contributed by atoms with van der Waals surface area (Å²) in [7, 11) is 0.